The Morgan fingerprint density at radius 2 is 2.50 bits per heavy atom. The molecule has 1 aromatic rings. The highest BCUT2D eigenvalue weighted by Gasteiger charge is 2.08. The average Bonchev–Trinajstić information content (AvgIpc) is 2.34. The van der Waals surface area contributed by atoms with Crippen LogP contribution in [0.4, 0.5) is 0 Å². The maximum absolute atomic E-state index is 10.8. The first kappa shape index (κ1) is 9.24. The largest absolute Gasteiger partial charge is 0.363 e. The van der Waals surface area contributed by atoms with Gasteiger partial charge in [-0.05, 0) is 11.0 Å². The fourth-order valence-corrected chi connectivity index (χ4v) is 1.19. The van der Waals surface area contributed by atoms with E-state index >= 15 is 0 Å². The van der Waals surface area contributed by atoms with Crippen LogP contribution in [0, 0.1) is 6.92 Å². The maximum atomic E-state index is 10.8. The number of amides is 1. The standard InChI is InChI=1S/C7H8IN3O/c1-5-4-10-7(6(9)12)11(5)3-2-8/h2-4H,1H3,(H2,9,12)/b3-2-. The van der Waals surface area contributed by atoms with Crippen LogP contribution in [0.2, 0.25) is 0 Å². The van der Waals surface area contributed by atoms with Gasteiger partial charge in [0.1, 0.15) is 0 Å². The zero-order chi connectivity index (χ0) is 9.14. The average molecular weight is 277 g/mol. The second kappa shape index (κ2) is 3.70. The lowest BCUT2D eigenvalue weighted by atomic mass is 10.5. The van der Waals surface area contributed by atoms with Gasteiger partial charge in [0, 0.05) is 18.1 Å². The summed E-state index contributed by atoms with van der Waals surface area (Å²) in [6.07, 6.45) is 3.35. The smallest absolute Gasteiger partial charge is 0.285 e. The SMILES string of the molecule is Cc1cnc(C(N)=O)n1/C=C\I. The van der Waals surface area contributed by atoms with Gasteiger partial charge < -0.3 is 5.73 Å². The Bertz CT molecular complexity index is 329. The second-order valence-corrected chi connectivity index (χ2v) is 2.95. The van der Waals surface area contributed by atoms with Gasteiger partial charge in [-0.1, -0.05) is 22.6 Å². The molecule has 1 rings (SSSR count). The van der Waals surface area contributed by atoms with Crippen LogP contribution in [-0.4, -0.2) is 15.5 Å². The third-order valence-electron chi connectivity index (χ3n) is 1.41. The summed E-state index contributed by atoms with van der Waals surface area (Å²) in [5.74, 6) is -0.252. The summed E-state index contributed by atoms with van der Waals surface area (Å²) >= 11 is 2.06. The number of nitrogens with zero attached hydrogens (tertiary/aromatic N) is 2. The number of carbonyl (C=O) groups excluding carboxylic acids is 1. The highest BCUT2D eigenvalue weighted by Crippen LogP contribution is 2.05. The van der Waals surface area contributed by atoms with Crippen LogP contribution in [0.1, 0.15) is 16.3 Å². The van der Waals surface area contributed by atoms with Crippen molar-refractivity contribution >= 4 is 34.7 Å². The van der Waals surface area contributed by atoms with Gasteiger partial charge in [0.25, 0.3) is 5.91 Å². The van der Waals surface area contributed by atoms with E-state index in [-0.39, 0.29) is 5.82 Å². The number of imidazole rings is 1. The molecular weight excluding hydrogens is 269 g/mol. The van der Waals surface area contributed by atoms with Crippen molar-refractivity contribution in [2.24, 2.45) is 5.73 Å². The van der Waals surface area contributed by atoms with Crippen LogP contribution in [0.25, 0.3) is 6.20 Å². The van der Waals surface area contributed by atoms with Crippen LogP contribution in [0.15, 0.2) is 10.3 Å². The quantitative estimate of drug-likeness (QED) is 0.824. The molecule has 0 fully saturated rings. The molecule has 0 unspecified atom stereocenters. The fraction of sp³-hybridized carbons (Fsp3) is 0.143. The number of hydrogen-bond acceptors (Lipinski definition) is 2. The van der Waals surface area contributed by atoms with E-state index in [4.69, 9.17) is 5.73 Å². The lowest BCUT2D eigenvalue weighted by molar-refractivity contribution is 0.0989. The van der Waals surface area contributed by atoms with E-state index in [1.165, 1.54) is 0 Å². The number of aromatic nitrogens is 2. The third kappa shape index (κ3) is 1.66. The van der Waals surface area contributed by atoms with Crippen molar-refractivity contribution in [2.45, 2.75) is 6.92 Å². The zero-order valence-electron chi connectivity index (χ0n) is 6.49. The molecule has 2 N–H and O–H groups in total. The summed E-state index contributed by atoms with van der Waals surface area (Å²) < 4.78 is 3.44. The van der Waals surface area contributed by atoms with Crippen molar-refractivity contribution in [3.05, 3.63) is 21.8 Å². The molecule has 1 amide bonds. The summed E-state index contributed by atoms with van der Waals surface area (Å²) in [4.78, 5) is 14.7. The first-order valence-electron chi connectivity index (χ1n) is 3.27. The van der Waals surface area contributed by atoms with E-state index in [1.807, 2.05) is 6.92 Å². The minimum Gasteiger partial charge on any atom is -0.363 e. The number of nitrogens with two attached hydrogens (primary N) is 1. The van der Waals surface area contributed by atoms with Crippen molar-refractivity contribution < 1.29 is 4.79 Å². The zero-order valence-corrected chi connectivity index (χ0v) is 8.65. The van der Waals surface area contributed by atoms with E-state index in [9.17, 15) is 4.79 Å². The molecule has 4 nitrogen and oxygen atoms in total. The topological polar surface area (TPSA) is 60.9 Å². The molecule has 1 heterocycles. The van der Waals surface area contributed by atoms with E-state index < -0.39 is 5.91 Å². The number of aryl methyl sites for hydroxylation is 1. The van der Waals surface area contributed by atoms with Crippen molar-refractivity contribution in [2.75, 3.05) is 0 Å². The number of hydrogen-bond donors (Lipinski definition) is 1. The Hall–Kier alpha value is -0.850. The van der Waals surface area contributed by atoms with E-state index in [2.05, 4.69) is 27.6 Å². The molecule has 0 aliphatic heterocycles. The maximum Gasteiger partial charge on any atom is 0.285 e. The highest BCUT2D eigenvalue weighted by atomic mass is 127. The van der Waals surface area contributed by atoms with Gasteiger partial charge in [0.2, 0.25) is 5.82 Å². The Morgan fingerprint density at radius 3 is 3.00 bits per heavy atom. The number of carbonyl (C=O) groups is 1. The number of primary amides is 1. The molecule has 64 valence electrons. The Labute approximate surface area is 83.6 Å². The third-order valence-corrected chi connectivity index (χ3v) is 1.73. The van der Waals surface area contributed by atoms with E-state index in [0.29, 0.717) is 0 Å². The summed E-state index contributed by atoms with van der Waals surface area (Å²) in [5.41, 5.74) is 5.99. The fourth-order valence-electron chi connectivity index (χ4n) is 0.873. The Kier molecular flexibility index (Phi) is 2.85. The van der Waals surface area contributed by atoms with Crippen molar-refractivity contribution in [3.8, 4) is 0 Å². The molecule has 12 heavy (non-hydrogen) atoms. The highest BCUT2D eigenvalue weighted by molar-refractivity contribution is 14.1. The molecular formula is C7H8IN3O. The molecule has 1 aromatic heterocycles. The second-order valence-electron chi connectivity index (χ2n) is 2.23. The number of rotatable bonds is 2. The molecule has 0 radical (unpaired) electrons. The summed E-state index contributed by atoms with van der Waals surface area (Å²) in [6.45, 7) is 1.86. The van der Waals surface area contributed by atoms with Gasteiger partial charge in [-0.3, -0.25) is 9.36 Å². The molecule has 5 heteroatoms. The van der Waals surface area contributed by atoms with E-state index in [1.54, 1.807) is 21.0 Å². The lowest BCUT2D eigenvalue weighted by Gasteiger charge is -1.98. The number of halogens is 1. The predicted octanol–water partition coefficient (Wildman–Crippen LogP) is 1.15. The lowest BCUT2D eigenvalue weighted by Crippen LogP contribution is -2.16. The van der Waals surface area contributed by atoms with Crippen molar-refractivity contribution in [3.63, 3.8) is 0 Å². The minimum atomic E-state index is -0.516. The molecule has 0 aliphatic rings. The molecule has 0 spiro atoms. The molecule has 0 saturated carbocycles. The van der Waals surface area contributed by atoms with Crippen LogP contribution < -0.4 is 5.73 Å². The van der Waals surface area contributed by atoms with Crippen LogP contribution >= 0.6 is 22.6 Å². The van der Waals surface area contributed by atoms with Crippen molar-refractivity contribution in [1.82, 2.24) is 9.55 Å². The van der Waals surface area contributed by atoms with Gasteiger partial charge in [0.15, 0.2) is 0 Å². The van der Waals surface area contributed by atoms with Crippen molar-refractivity contribution in [1.29, 1.82) is 0 Å². The normalized spacial score (nSPS) is 10.8. The van der Waals surface area contributed by atoms with Gasteiger partial charge in [-0.25, -0.2) is 4.98 Å². The van der Waals surface area contributed by atoms with Gasteiger partial charge in [-0.2, -0.15) is 0 Å². The molecule has 0 saturated heterocycles. The molecule has 0 aromatic carbocycles. The van der Waals surface area contributed by atoms with Crippen LogP contribution in [-0.2, 0) is 0 Å². The molecule has 0 atom stereocenters. The van der Waals surface area contributed by atoms with Gasteiger partial charge in [-0.15, -0.1) is 0 Å². The van der Waals surface area contributed by atoms with Gasteiger partial charge >= 0.3 is 0 Å². The van der Waals surface area contributed by atoms with E-state index in [0.717, 1.165) is 5.69 Å². The van der Waals surface area contributed by atoms with Gasteiger partial charge in [0.05, 0.1) is 0 Å². The first-order chi connectivity index (χ1) is 5.66. The Morgan fingerprint density at radius 1 is 1.83 bits per heavy atom. The monoisotopic (exact) mass is 277 g/mol. The summed E-state index contributed by atoms with van der Waals surface area (Å²) in [7, 11) is 0. The molecule has 0 aliphatic carbocycles. The summed E-state index contributed by atoms with van der Waals surface area (Å²) in [5, 5.41) is 0. The Balaban J connectivity index is 3.21. The minimum absolute atomic E-state index is 0.264. The van der Waals surface area contributed by atoms with Crippen LogP contribution in [0.5, 0.6) is 0 Å². The van der Waals surface area contributed by atoms with Crippen LogP contribution in [0.3, 0.4) is 0 Å². The first-order valence-corrected chi connectivity index (χ1v) is 4.52. The summed E-state index contributed by atoms with van der Waals surface area (Å²) in [6, 6.07) is 0. The molecule has 0 bridgehead atoms. The predicted molar refractivity (Wildman–Crippen MR) is 54.8 cm³/mol.